The molecule has 0 fully saturated rings. The van der Waals surface area contributed by atoms with Gasteiger partial charge in [0, 0.05) is 31.5 Å². The molecule has 108 valence electrons. The van der Waals surface area contributed by atoms with E-state index in [-0.39, 0.29) is 0 Å². The second kappa shape index (κ2) is 6.59. The van der Waals surface area contributed by atoms with Crippen LogP contribution in [-0.4, -0.2) is 4.57 Å². The van der Waals surface area contributed by atoms with Gasteiger partial charge in [-0.1, -0.05) is 49.4 Å². The topological polar surface area (TPSA) is 17.0 Å². The molecule has 0 radical (unpaired) electrons. The maximum Gasteiger partial charge on any atom is 0.0362 e. The fraction of sp³-hybridized carbons (Fsp3) is 0.263. The highest BCUT2D eigenvalue weighted by Gasteiger charge is 2.02. The number of benzene rings is 2. The van der Waals surface area contributed by atoms with Crippen molar-refractivity contribution in [1.29, 1.82) is 0 Å². The zero-order chi connectivity index (χ0) is 14.5. The summed E-state index contributed by atoms with van der Waals surface area (Å²) in [4.78, 5) is 0. The van der Waals surface area contributed by atoms with Crippen LogP contribution in [0.3, 0.4) is 0 Å². The van der Waals surface area contributed by atoms with E-state index in [0.717, 1.165) is 19.6 Å². The van der Waals surface area contributed by atoms with Crippen LogP contribution in [0.15, 0.2) is 60.8 Å². The average molecular weight is 278 g/mol. The molecule has 21 heavy (non-hydrogen) atoms. The predicted octanol–water partition coefficient (Wildman–Crippen LogP) is 4.34. The number of hydrogen-bond acceptors (Lipinski definition) is 1. The Hall–Kier alpha value is -2.06. The van der Waals surface area contributed by atoms with Crippen LogP contribution in [-0.2, 0) is 19.6 Å². The van der Waals surface area contributed by atoms with E-state index in [0.29, 0.717) is 0 Å². The zero-order valence-electron chi connectivity index (χ0n) is 12.5. The van der Waals surface area contributed by atoms with Gasteiger partial charge in [0.2, 0.25) is 0 Å². The van der Waals surface area contributed by atoms with Gasteiger partial charge in [-0.05, 0) is 34.9 Å². The van der Waals surface area contributed by atoms with Gasteiger partial charge in [-0.3, -0.25) is 0 Å². The Morgan fingerprint density at radius 2 is 1.76 bits per heavy atom. The van der Waals surface area contributed by atoms with Gasteiger partial charge in [0.1, 0.15) is 0 Å². The Labute approximate surface area is 126 Å². The van der Waals surface area contributed by atoms with Gasteiger partial charge in [-0.15, -0.1) is 0 Å². The van der Waals surface area contributed by atoms with E-state index in [4.69, 9.17) is 0 Å². The molecule has 0 bridgehead atoms. The lowest BCUT2D eigenvalue weighted by Crippen LogP contribution is -2.15. The number of nitrogens with one attached hydrogen (secondary N) is 1. The molecule has 1 heterocycles. The summed E-state index contributed by atoms with van der Waals surface area (Å²) in [5.74, 6) is 0. The summed E-state index contributed by atoms with van der Waals surface area (Å²) < 4.78 is 2.33. The lowest BCUT2D eigenvalue weighted by Gasteiger charge is -2.11. The first kappa shape index (κ1) is 13.9. The fourth-order valence-electron chi connectivity index (χ4n) is 2.84. The van der Waals surface area contributed by atoms with E-state index in [1.807, 2.05) is 0 Å². The van der Waals surface area contributed by atoms with Crippen molar-refractivity contribution >= 4 is 10.8 Å². The molecule has 0 aliphatic heterocycles. The van der Waals surface area contributed by atoms with Crippen molar-refractivity contribution in [3.63, 3.8) is 0 Å². The van der Waals surface area contributed by atoms with Crippen LogP contribution in [0.25, 0.3) is 10.8 Å². The normalized spacial score (nSPS) is 11.1. The lowest BCUT2D eigenvalue weighted by atomic mass is 10.0. The maximum atomic E-state index is 3.57. The number of aromatic nitrogens is 1. The van der Waals surface area contributed by atoms with E-state index in [1.54, 1.807) is 0 Å². The van der Waals surface area contributed by atoms with E-state index in [1.165, 1.54) is 28.5 Å². The molecule has 0 saturated carbocycles. The Bertz CT molecular complexity index is 707. The first-order valence-corrected chi connectivity index (χ1v) is 7.70. The molecule has 2 nitrogen and oxygen atoms in total. The SMILES string of the molecule is CCCn1cccc1CNCc1cccc2ccccc12. The Morgan fingerprint density at radius 3 is 2.67 bits per heavy atom. The highest BCUT2D eigenvalue weighted by molar-refractivity contribution is 5.85. The van der Waals surface area contributed by atoms with Crippen molar-refractivity contribution in [2.75, 3.05) is 0 Å². The van der Waals surface area contributed by atoms with Crippen molar-refractivity contribution in [1.82, 2.24) is 9.88 Å². The van der Waals surface area contributed by atoms with Crippen LogP contribution in [0.1, 0.15) is 24.6 Å². The number of hydrogen-bond donors (Lipinski definition) is 1. The van der Waals surface area contributed by atoms with Gasteiger partial charge >= 0.3 is 0 Å². The van der Waals surface area contributed by atoms with Crippen LogP contribution in [0.5, 0.6) is 0 Å². The van der Waals surface area contributed by atoms with Crippen LogP contribution in [0.2, 0.25) is 0 Å². The van der Waals surface area contributed by atoms with E-state index < -0.39 is 0 Å². The second-order valence-corrected chi connectivity index (χ2v) is 5.43. The van der Waals surface area contributed by atoms with E-state index >= 15 is 0 Å². The summed E-state index contributed by atoms with van der Waals surface area (Å²) >= 11 is 0. The molecule has 0 aliphatic rings. The van der Waals surface area contributed by atoms with Crippen LogP contribution < -0.4 is 5.32 Å². The summed E-state index contributed by atoms with van der Waals surface area (Å²) in [6.45, 7) is 5.13. The van der Waals surface area contributed by atoms with Gasteiger partial charge in [0.05, 0.1) is 0 Å². The Morgan fingerprint density at radius 1 is 0.905 bits per heavy atom. The molecular weight excluding hydrogens is 256 g/mol. The minimum atomic E-state index is 0.901. The molecule has 0 aliphatic carbocycles. The smallest absolute Gasteiger partial charge is 0.0362 e. The molecule has 0 amide bonds. The largest absolute Gasteiger partial charge is 0.350 e. The van der Waals surface area contributed by atoms with Crippen LogP contribution >= 0.6 is 0 Å². The van der Waals surface area contributed by atoms with Gasteiger partial charge in [0.15, 0.2) is 0 Å². The van der Waals surface area contributed by atoms with Gasteiger partial charge in [-0.2, -0.15) is 0 Å². The number of aryl methyl sites for hydroxylation is 1. The Kier molecular flexibility index (Phi) is 4.37. The fourth-order valence-corrected chi connectivity index (χ4v) is 2.84. The molecule has 1 N–H and O–H groups in total. The first-order valence-electron chi connectivity index (χ1n) is 7.70. The van der Waals surface area contributed by atoms with Crippen molar-refractivity contribution < 1.29 is 0 Å². The number of rotatable bonds is 6. The molecule has 2 aromatic carbocycles. The molecule has 3 aromatic rings. The highest BCUT2D eigenvalue weighted by Crippen LogP contribution is 2.18. The van der Waals surface area contributed by atoms with Crippen molar-refractivity contribution in [2.24, 2.45) is 0 Å². The van der Waals surface area contributed by atoms with Gasteiger partial charge in [-0.25, -0.2) is 0 Å². The van der Waals surface area contributed by atoms with Gasteiger partial charge < -0.3 is 9.88 Å². The molecule has 0 unspecified atom stereocenters. The van der Waals surface area contributed by atoms with Gasteiger partial charge in [0.25, 0.3) is 0 Å². The minimum Gasteiger partial charge on any atom is -0.350 e. The van der Waals surface area contributed by atoms with Crippen LogP contribution in [0.4, 0.5) is 0 Å². The summed E-state index contributed by atoms with van der Waals surface area (Å²) in [7, 11) is 0. The third kappa shape index (κ3) is 3.17. The second-order valence-electron chi connectivity index (χ2n) is 5.43. The highest BCUT2D eigenvalue weighted by atomic mass is 15.0. The monoisotopic (exact) mass is 278 g/mol. The predicted molar refractivity (Wildman–Crippen MR) is 89.2 cm³/mol. The summed E-state index contributed by atoms with van der Waals surface area (Å²) in [5, 5.41) is 6.23. The first-order chi connectivity index (χ1) is 10.4. The average Bonchev–Trinajstić information content (AvgIpc) is 2.95. The van der Waals surface area contributed by atoms with E-state index in [2.05, 4.69) is 77.6 Å². The zero-order valence-corrected chi connectivity index (χ0v) is 12.5. The van der Waals surface area contributed by atoms with Crippen LogP contribution in [0, 0.1) is 0 Å². The Balaban J connectivity index is 1.68. The molecule has 0 atom stereocenters. The molecule has 3 rings (SSSR count). The summed E-state index contributed by atoms with van der Waals surface area (Å²) in [5.41, 5.74) is 2.72. The lowest BCUT2D eigenvalue weighted by molar-refractivity contribution is 0.603. The van der Waals surface area contributed by atoms with Crippen molar-refractivity contribution in [3.05, 3.63) is 72.1 Å². The number of nitrogens with zero attached hydrogens (tertiary/aromatic N) is 1. The van der Waals surface area contributed by atoms with Crippen molar-refractivity contribution in [3.8, 4) is 0 Å². The molecule has 2 heteroatoms. The van der Waals surface area contributed by atoms with E-state index in [9.17, 15) is 0 Å². The minimum absolute atomic E-state index is 0.901. The standard InChI is InChI=1S/C19H22N2/c1-2-12-21-13-6-10-18(21)15-20-14-17-9-5-8-16-7-3-4-11-19(16)17/h3-11,13,20H,2,12,14-15H2,1H3. The third-order valence-electron chi connectivity index (χ3n) is 3.89. The summed E-state index contributed by atoms with van der Waals surface area (Å²) in [6.07, 6.45) is 3.34. The molecule has 0 spiro atoms. The molecular formula is C19H22N2. The van der Waals surface area contributed by atoms with Crippen molar-refractivity contribution in [2.45, 2.75) is 33.0 Å². The molecule has 1 aromatic heterocycles. The summed E-state index contributed by atoms with van der Waals surface area (Å²) in [6, 6.07) is 19.4. The maximum absolute atomic E-state index is 3.57. The molecule has 0 saturated heterocycles. The third-order valence-corrected chi connectivity index (χ3v) is 3.89. The number of fused-ring (bicyclic) bond motifs is 1. The quantitative estimate of drug-likeness (QED) is 0.709.